The maximum absolute atomic E-state index is 12.2. The van der Waals surface area contributed by atoms with Gasteiger partial charge < -0.3 is 9.73 Å². The third-order valence-corrected chi connectivity index (χ3v) is 3.92. The molecule has 1 heterocycles. The van der Waals surface area contributed by atoms with Crippen molar-refractivity contribution in [2.45, 2.75) is 33.2 Å². The molecular weight excluding hydrogens is 330 g/mol. The molecule has 112 valence electrons. The number of aryl methyl sites for hydroxylation is 1. The minimum atomic E-state index is -0.195. The number of hydrogen-bond acceptors (Lipinski definition) is 2. The molecule has 1 N–H and O–H groups in total. The Balaban J connectivity index is 2.16. The van der Waals surface area contributed by atoms with E-state index in [1.165, 1.54) is 5.56 Å². The number of nitrogens with one attached hydrogen (secondary N) is 1. The predicted octanol–water partition coefficient (Wildman–Crippen LogP) is 4.73. The zero-order valence-electron chi connectivity index (χ0n) is 12.5. The van der Waals surface area contributed by atoms with E-state index in [4.69, 9.17) is 4.42 Å². The lowest BCUT2D eigenvalue weighted by molar-refractivity contribution is 0.0896. The molecule has 0 bridgehead atoms. The van der Waals surface area contributed by atoms with E-state index in [0.29, 0.717) is 16.3 Å². The van der Waals surface area contributed by atoms with Crippen LogP contribution in [0.5, 0.6) is 0 Å². The van der Waals surface area contributed by atoms with E-state index in [9.17, 15) is 4.79 Å². The van der Waals surface area contributed by atoms with E-state index in [-0.39, 0.29) is 11.9 Å². The molecule has 0 spiro atoms. The van der Waals surface area contributed by atoms with Gasteiger partial charge in [-0.25, -0.2) is 0 Å². The Kier molecular flexibility index (Phi) is 5.23. The molecule has 0 saturated carbocycles. The molecule has 1 aromatic carbocycles. The summed E-state index contributed by atoms with van der Waals surface area (Å²) in [7, 11) is 0. The Bertz CT molecular complexity index is 602. The molecule has 1 aromatic heterocycles. The Labute approximate surface area is 133 Å². The van der Waals surface area contributed by atoms with Gasteiger partial charge in [0.2, 0.25) is 0 Å². The SMILES string of the molecule is CCc1ccc(C(NC(=O)c2ccc(Br)o2)C(C)C)cc1. The third-order valence-electron chi connectivity index (χ3n) is 3.50. The largest absolute Gasteiger partial charge is 0.444 e. The van der Waals surface area contributed by atoms with E-state index < -0.39 is 0 Å². The highest BCUT2D eigenvalue weighted by Gasteiger charge is 2.20. The van der Waals surface area contributed by atoms with E-state index in [1.54, 1.807) is 12.1 Å². The number of carbonyl (C=O) groups is 1. The molecule has 3 nitrogen and oxygen atoms in total. The minimum absolute atomic E-state index is 0.0349. The number of rotatable bonds is 5. The maximum Gasteiger partial charge on any atom is 0.287 e. The minimum Gasteiger partial charge on any atom is -0.444 e. The molecule has 21 heavy (non-hydrogen) atoms. The maximum atomic E-state index is 12.2. The van der Waals surface area contributed by atoms with E-state index in [0.717, 1.165) is 12.0 Å². The zero-order chi connectivity index (χ0) is 15.4. The van der Waals surface area contributed by atoms with Gasteiger partial charge in [0, 0.05) is 0 Å². The van der Waals surface area contributed by atoms with Crippen LogP contribution in [0.25, 0.3) is 0 Å². The number of benzene rings is 1. The van der Waals surface area contributed by atoms with Crippen LogP contribution in [0.3, 0.4) is 0 Å². The van der Waals surface area contributed by atoms with Crippen LogP contribution >= 0.6 is 15.9 Å². The molecule has 0 aliphatic carbocycles. The molecule has 0 aliphatic rings. The normalized spacial score (nSPS) is 12.4. The molecule has 2 rings (SSSR count). The molecule has 1 atom stereocenters. The molecular formula is C17H20BrNO2. The van der Waals surface area contributed by atoms with Gasteiger partial charge in [0.25, 0.3) is 5.91 Å². The quantitative estimate of drug-likeness (QED) is 0.847. The number of halogens is 1. The number of hydrogen-bond donors (Lipinski definition) is 1. The van der Waals surface area contributed by atoms with Gasteiger partial charge >= 0.3 is 0 Å². The smallest absolute Gasteiger partial charge is 0.287 e. The van der Waals surface area contributed by atoms with Crippen molar-refractivity contribution in [1.29, 1.82) is 0 Å². The van der Waals surface area contributed by atoms with Gasteiger partial charge in [-0.1, -0.05) is 45.0 Å². The summed E-state index contributed by atoms with van der Waals surface area (Å²) in [6.45, 7) is 6.32. The van der Waals surface area contributed by atoms with Gasteiger partial charge in [-0.2, -0.15) is 0 Å². The lowest BCUT2D eigenvalue weighted by atomic mass is 9.95. The first-order chi connectivity index (χ1) is 10.0. The first-order valence-electron chi connectivity index (χ1n) is 7.16. The highest BCUT2D eigenvalue weighted by atomic mass is 79.9. The first-order valence-corrected chi connectivity index (χ1v) is 7.95. The summed E-state index contributed by atoms with van der Waals surface area (Å²) in [6.07, 6.45) is 1.01. The molecule has 0 aliphatic heterocycles. The summed E-state index contributed by atoms with van der Waals surface area (Å²) in [4.78, 5) is 12.2. The zero-order valence-corrected chi connectivity index (χ0v) is 14.1. The van der Waals surface area contributed by atoms with E-state index >= 15 is 0 Å². The molecule has 0 fully saturated rings. The molecule has 0 radical (unpaired) electrons. The van der Waals surface area contributed by atoms with Crippen molar-refractivity contribution < 1.29 is 9.21 Å². The van der Waals surface area contributed by atoms with Gasteiger partial charge in [0.15, 0.2) is 10.4 Å². The summed E-state index contributed by atoms with van der Waals surface area (Å²) in [5.41, 5.74) is 2.41. The van der Waals surface area contributed by atoms with Crippen LogP contribution in [0.1, 0.15) is 48.5 Å². The lowest BCUT2D eigenvalue weighted by Gasteiger charge is -2.22. The van der Waals surface area contributed by atoms with Gasteiger partial charge in [0.1, 0.15) is 0 Å². The molecule has 0 saturated heterocycles. The summed E-state index contributed by atoms with van der Waals surface area (Å²) in [6, 6.07) is 11.7. The summed E-state index contributed by atoms with van der Waals surface area (Å²) >= 11 is 3.21. The van der Waals surface area contributed by atoms with Crippen molar-refractivity contribution in [3.8, 4) is 0 Å². The Hall–Kier alpha value is -1.55. The standard InChI is InChI=1S/C17H20BrNO2/c1-4-12-5-7-13(8-6-12)16(11(2)3)19-17(20)14-9-10-15(18)21-14/h5-11,16H,4H2,1-3H3,(H,19,20). The second kappa shape index (κ2) is 6.94. The predicted molar refractivity (Wildman–Crippen MR) is 87.3 cm³/mol. The lowest BCUT2D eigenvalue weighted by Crippen LogP contribution is -2.31. The summed E-state index contributed by atoms with van der Waals surface area (Å²) < 4.78 is 5.86. The molecule has 1 unspecified atom stereocenters. The molecule has 4 heteroatoms. The van der Waals surface area contributed by atoms with Crippen molar-refractivity contribution in [2.24, 2.45) is 5.92 Å². The van der Waals surface area contributed by atoms with Crippen molar-refractivity contribution in [3.05, 3.63) is 58.0 Å². The fraction of sp³-hybridized carbons (Fsp3) is 0.353. The Morgan fingerprint density at radius 2 is 1.86 bits per heavy atom. The second-order valence-corrected chi connectivity index (χ2v) is 6.18. The monoisotopic (exact) mass is 349 g/mol. The van der Waals surface area contributed by atoms with Crippen LogP contribution in [-0.4, -0.2) is 5.91 Å². The van der Waals surface area contributed by atoms with Crippen LogP contribution in [-0.2, 0) is 6.42 Å². The Morgan fingerprint density at radius 3 is 2.33 bits per heavy atom. The van der Waals surface area contributed by atoms with Crippen molar-refractivity contribution in [1.82, 2.24) is 5.32 Å². The van der Waals surface area contributed by atoms with Gasteiger partial charge in [-0.3, -0.25) is 4.79 Å². The Morgan fingerprint density at radius 1 is 1.19 bits per heavy atom. The van der Waals surface area contributed by atoms with Crippen LogP contribution in [0.4, 0.5) is 0 Å². The van der Waals surface area contributed by atoms with Gasteiger partial charge in [-0.15, -0.1) is 0 Å². The van der Waals surface area contributed by atoms with Gasteiger partial charge in [-0.05, 0) is 51.5 Å². The van der Waals surface area contributed by atoms with Crippen LogP contribution in [0, 0.1) is 5.92 Å². The number of carbonyl (C=O) groups excluding carboxylic acids is 1. The highest BCUT2D eigenvalue weighted by molar-refractivity contribution is 9.10. The number of furan rings is 1. The van der Waals surface area contributed by atoms with Crippen molar-refractivity contribution in [3.63, 3.8) is 0 Å². The van der Waals surface area contributed by atoms with Crippen LogP contribution in [0.15, 0.2) is 45.5 Å². The van der Waals surface area contributed by atoms with E-state index in [2.05, 4.69) is 66.3 Å². The van der Waals surface area contributed by atoms with Gasteiger partial charge in [0.05, 0.1) is 6.04 Å². The van der Waals surface area contributed by atoms with Crippen LogP contribution < -0.4 is 5.32 Å². The average Bonchev–Trinajstić information content (AvgIpc) is 2.91. The average molecular weight is 350 g/mol. The second-order valence-electron chi connectivity index (χ2n) is 5.39. The highest BCUT2D eigenvalue weighted by Crippen LogP contribution is 2.23. The van der Waals surface area contributed by atoms with Crippen LogP contribution in [0.2, 0.25) is 0 Å². The molecule has 2 aromatic rings. The first kappa shape index (κ1) is 15.8. The fourth-order valence-corrected chi connectivity index (χ4v) is 2.55. The third kappa shape index (κ3) is 3.97. The summed E-state index contributed by atoms with van der Waals surface area (Å²) in [5.74, 6) is 0.413. The molecule has 1 amide bonds. The van der Waals surface area contributed by atoms with Crippen molar-refractivity contribution >= 4 is 21.8 Å². The van der Waals surface area contributed by atoms with Crippen molar-refractivity contribution in [2.75, 3.05) is 0 Å². The topological polar surface area (TPSA) is 42.2 Å². The fourth-order valence-electron chi connectivity index (χ4n) is 2.24. The summed E-state index contributed by atoms with van der Waals surface area (Å²) in [5, 5.41) is 3.05. The number of amides is 1. The van der Waals surface area contributed by atoms with E-state index in [1.807, 2.05) is 0 Å².